The van der Waals surface area contributed by atoms with Gasteiger partial charge < -0.3 is 24.6 Å². The quantitative estimate of drug-likeness (QED) is 0.336. The normalized spacial score (nSPS) is 21.2. The summed E-state index contributed by atoms with van der Waals surface area (Å²) in [5, 5.41) is 3.17. The number of aryl methyl sites for hydroxylation is 2. The number of nitrogens with one attached hydrogen (secondary N) is 1. The summed E-state index contributed by atoms with van der Waals surface area (Å²) in [5.74, 6) is 0.569. The predicted octanol–water partition coefficient (Wildman–Crippen LogP) is 2.70. The lowest BCUT2D eigenvalue weighted by atomic mass is 9.84. The maximum absolute atomic E-state index is 13.9. The van der Waals surface area contributed by atoms with Crippen molar-refractivity contribution in [1.82, 2.24) is 29.3 Å². The van der Waals surface area contributed by atoms with Crippen molar-refractivity contribution in [3.05, 3.63) is 53.3 Å². The molecule has 2 amide bonds. The minimum atomic E-state index is -3.73. The molecule has 0 saturated carbocycles. The van der Waals surface area contributed by atoms with E-state index in [0.717, 1.165) is 58.3 Å². The van der Waals surface area contributed by atoms with Gasteiger partial charge in [-0.2, -0.15) is 4.31 Å². The van der Waals surface area contributed by atoms with Gasteiger partial charge in [0.2, 0.25) is 15.9 Å². The molecule has 3 aliphatic rings. The minimum Gasteiger partial charge on any atom is -0.497 e. The average Bonchev–Trinajstić information content (AvgIpc) is 3.09. The third kappa shape index (κ3) is 8.36. The smallest absolute Gasteiger partial charge is 0.251 e. The van der Waals surface area contributed by atoms with Crippen LogP contribution in [0.3, 0.4) is 0 Å². The molecule has 0 bridgehead atoms. The molecule has 0 aliphatic carbocycles. The van der Waals surface area contributed by atoms with Crippen LogP contribution in [0.4, 0.5) is 0 Å². The second-order valence-corrected chi connectivity index (χ2v) is 15.3. The van der Waals surface area contributed by atoms with E-state index in [1.165, 1.54) is 0 Å². The molecule has 3 saturated heterocycles. The Kier molecular flexibility index (Phi) is 12.1. The van der Waals surface area contributed by atoms with E-state index in [9.17, 15) is 18.0 Å². The fourth-order valence-corrected chi connectivity index (χ4v) is 9.55. The van der Waals surface area contributed by atoms with Gasteiger partial charge >= 0.3 is 0 Å². The molecule has 1 N–H and O–H groups in total. The number of likely N-dealkylation sites (tertiary alicyclic amines) is 1. The Morgan fingerprint density at radius 2 is 1.65 bits per heavy atom. The molecule has 48 heavy (non-hydrogen) atoms. The zero-order valence-corrected chi connectivity index (χ0v) is 29.8. The van der Waals surface area contributed by atoms with Gasteiger partial charge in [-0.05, 0) is 82.0 Å². The highest BCUT2D eigenvalue weighted by Gasteiger charge is 2.42. The summed E-state index contributed by atoms with van der Waals surface area (Å²) in [6.45, 7) is 10.1. The van der Waals surface area contributed by atoms with Crippen LogP contribution >= 0.6 is 0 Å². The summed E-state index contributed by atoms with van der Waals surface area (Å²) in [7, 11) is -0.0248. The molecule has 5 rings (SSSR count). The highest BCUT2D eigenvalue weighted by Crippen LogP contribution is 2.33. The number of nitrogens with zero attached hydrogens (tertiary/aromatic N) is 5. The number of aromatic nitrogens is 1. The third-order valence-electron chi connectivity index (χ3n) is 10.3. The Bertz CT molecular complexity index is 1480. The topological polar surface area (TPSA) is 125 Å². The van der Waals surface area contributed by atoms with E-state index in [4.69, 9.17) is 9.47 Å². The molecule has 0 radical (unpaired) electrons. The van der Waals surface area contributed by atoms with Crippen LogP contribution in [-0.2, 0) is 19.6 Å². The number of likely N-dealkylation sites (N-methyl/N-ethyl adjacent to an activating group) is 1. The predicted molar refractivity (Wildman–Crippen MR) is 184 cm³/mol. The summed E-state index contributed by atoms with van der Waals surface area (Å²) < 4.78 is 40.7. The molecule has 2 aromatic rings. The molecule has 264 valence electrons. The van der Waals surface area contributed by atoms with Gasteiger partial charge in [-0.1, -0.05) is 6.42 Å². The summed E-state index contributed by atoms with van der Waals surface area (Å²) in [4.78, 5) is 37.3. The van der Waals surface area contributed by atoms with E-state index in [1.54, 1.807) is 61.9 Å². The van der Waals surface area contributed by atoms with E-state index in [0.29, 0.717) is 53.5 Å². The van der Waals surface area contributed by atoms with Crippen LogP contribution in [0.15, 0.2) is 41.6 Å². The van der Waals surface area contributed by atoms with Gasteiger partial charge in [-0.25, -0.2) is 8.42 Å². The molecule has 0 spiro atoms. The SMILES string of the molecule is COc1cc(C)c(S(=O)(=O)N2CCCCC2COCCC(=O)N2CCC(CNC(=O)c3ccncc3)(N3CCN(C)CC3)CC2)c(C)c1. The largest absolute Gasteiger partial charge is 0.497 e. The van der Waals surface area contributed by atoms with E-state index in [1.807, 2.05) is 4.90 Å². The molecule has 4 heterocycles. The lowest BCUT2D eigenvalue weighted by Crippen LogP contribution is -2.64. The highest BCUT2D eigenvalue weighted by molar-refractivity contribution is 7.89. The number of hydrogen-bond acceptors (Lipinski definition) is 9. The van der Waals surface area contributed by atoms with Gasteiger partial charge in [0.25, 0.3) is 5.91 Å². The van der Waals surface area contributed by atoms with Gasteiger partial charge in [0.15, 0.2) is 0 Å². The number of benzene rings is 1. The number of methoxy groups -OCH3 is 1. The summed E-state index contributed by atoms with van der Waals surface area (Å²) in [5.41, 5.74) is 1.70. The number of amides is 2. The van der Waals surface area contributed by atoms with Gasteiger partial charge in [-0.15, -0.1) is 0 Å². The van der Waals surface area contributed by atoms with Crippen molar-refractivity contribution in [2.45, 2.75) is 68.8 Å². The van der Waals surface area contributed by atoms with Gasteiger partial charge in [-0.3, -0.25) is 19.5 Å². The van der Waals surface area contributed by atoms with Gasteiger partial charge in [0.05, 0.1) is 31.6 Å². The molecule has 1 aromatic heterocycles. The number of carbonyl (C=O) groups is 2. The summed E-state index contributed by atoms with van der Waals surface area (Å²) in [6.07, 6.45) is 7.51. The maximum atomic E-state index is 13.9. The number of sulfonamides is 1. The van der Waals surface area contributed by atoms with Crippen molar-refractivity contribution in [1.29, 1.82) is 0 Å². The van der Waals surface area contributed by atoms with Crippen LogP contribution in [-0.4, -0.2) is 136 Å². The van der Waals surface area contributed by atoms with Crippen molar-refractivity contribution in [3.8, 4) is 5.75 Å². The Morgan fingerprint density at radius 3 is 2.29 bits per heavy atom. The molecule has 12 nitrogen and oxygen atoms in total. The van der Waals surface area contributed by atoms with E-state index < -0.39 is 10.0 Å². The fraction of sp³-hybridized carbons (Fsp3) is 0.629. The fourth-order valence-electron chi connectivity index (χ4n) is 7.45. The Balaban J connectivity index is 1.14. The van der Waals surface area contributed by atoms with Gasteiger partial charge in [0.1, 0.15) is 5.75 Å². The van der Waals surface area contributed by atoms with Crippen LogP contribution in [0.2, 0.25) is 0 Å². The maximum Gasteiger partial charge on any atom is 0.251 e. The molecule has 13 heteroatoms. The molecular weight excluding hydrogens is 632 g/mol. The Morgan fingerprint density at radius 1 is 0.979 bits per heavy atom. The second-order valence-electron chi connectivity index (χ2n) is 13.5. The Labute approximate surface area is 285 Å². The highest BCUT2D eigenvalue weighted by atomic mass is 32.2. The molecule has 3 fully saturated rings. The monoisotopic (exact) mass is 684 g/mol. The first-order valence-electron chi connectivity index (χ1n) is 17.2. The molecule has 1 atom stereocenters. The first-order chi connectivity index (χ1) is 23.0. The number of pyridine rings is 1. The zero-order valence-electron chi connectivity index (χ0n) is 28.9. The van der Waals surface area contributed by atoms with Crippen molar-refractivity contribution in [2.75, 3.05) is 79.7 Å². The van der Waals surface area contributed by atoms with Crippen LogP contribution in [0.1, 0.15) is 60.0 Å². The number of piperazine rings is 1. The first kappa shape index (κ1) is 36.2. The molecule has 1 unspecified atom stereocenters. The standard InChI is InChI=1S/C35H52N6O6S/c1-27-23-31(46-4)24-28(2)33(27)48(44,45)41-15-6-5-7-30(41)25-47-22-10-32(42)39-16-11-35(12-17-39,40-20-18-38(3)19-21-40)26-37-34(43)29-8-13-36-14-9-29/h8-9,13-14,23-24,30H,5-7,10-12,15-22,25-26H2,1-4H3,(H,37,43). The lowest BCUT2D eigenvalue weighted by Gasteiger charge is -2.51. The van der Waals surface area contributed by atoms with Crippen molar-refractivity contribution < 1.29 is 27.5 Å². The summed E-state index contributed by atoms with van der Waals surface area (Å²) in [6, 6.07) is 6.68. The number of carbonyl (C=O) groups excluding carboxylic acids is 2. The van der Waals surface area contributed by atoms with Crippen molar-refractivity contribution in [3.63, 3.8) is 0 Å². The van der Waals surface area contributed by atoms with Crippen LogP contribution < -0.4 is 10.1 Å². The van der Waals surface area contributed by atoms with Crippen molar-refractivity contribution >= 4 is 21.8 Å². The third-order valence-corrected chi connectivity index (χ3v) is 12.6. The second kappa shape index (κ2) is 16.1. The average molecular weight is 685 g/mol. The van der Waals surface area contributed by atoms with Crippen molar-refractivity contribution in [2.24, 2.45) is 0 Å². The summed E-state index contributed by atoms with van der Waals surface area (Å²) >= 11 is 0. The van der Waals surface area contributed by atoms with E-state index >= 15 is 0 Å². The first-order valence-corrected chi connectivity index (χ1v) is 18.6. The van der Waals surface area contributed by atoms with Gasteiger partial charge in [0, 0.05) is 81.9 Å². The van der Waals surface area contributed by atoms with E-state index in [2.05, 4.69) is 27.1 Å². The number of piperidine rings is 2. The number of ether oxygens (including phenoxy) is 2. The number of rotatable bonds is 12. The number of hydrogen-bond donors (Lipinski definition) is 1. The van der Waals surface area contributed by atoms with Crippen LogP contribution in [0.5, 0.6) is 5.75 Å². The van der Waals surface area contributed by atoms with Crippen LogP contribution in [0, 0.1) is 13.8 Å². The molecule has 3 aliphatic heterocycles. The Hall–Kier alpha value is -3.10. The van der Waals surface area contributed by atoms with E-state index in [-0.39, 0.29) is 43.0 Å². The lowest BCUT2D eigenvalue weighted by molar-refractivity contribution is -0.135. The van der Waals surface area contributed by atoms with Crippen LogP contribution in [0.25, 0.3) is 0 Å². The zero-order chi connectivity index (χ0) is 34.3. The molecule has 1 aromatic carbocycles. The molecular formula is C35H52N6O6S. The minimum absolute atomic E-state index is 0.0420.